The number of hydrogen-bond donors (Lipinski definition) is 2. The highest BCUT2D eigenvalue weighted by Gasteiger charge is 2.19. The Bertz CT molecular complexity index is 493. The van der Waals surface area contributed by atoms with E-state index in [-0.39, 0.29) is 11.8 Å². The fourth-order valence-corrected chi connectivity index (χ4v) is 1.45. The topological polar surface area (TPSA) is 76.4 Å². The zero-order chi connectivity index (χ0) is 13.0. The number of hydrazone groups is 1. The number of rotatable bonds is 1. The molecule has 6 nitrogen and oxygen atoms in total. The van der Waals surface area contributed by atoms with Gasteiger partial charge in [-0.25, -0.2) is 5.01 Å². The van der Waals surface area contributed by atoms with Crippen LogP contribution < -0.4 is 11.5 Å². The van der Waals surface area contributed by atoms with E-state index < -0.39 is 0 Å². The van der Waals surface area contributed by atoms with Gasteiger partial charge in [0.1, 0.15) is 13.1 Å². The lowest BCUT2D eigenvalue weighted by Crippen LogP contribution is -2.28. The van der Waals surface area contributed by atoms with Crippen molar-refractivity contribution in [2.24, 2.45) is 16.6 Å². The summed E-state index contributed by atoms with van der Waals surface area (Å²) in [5, 5.41) is 5.50. The lowest BCUT2D eigenvalue weighted by molar-refractivity contribution is 0.450. The molecule has 86 valence electrons. The van der Waals surface area contributed by atoms with Gasteiger partial charge in [-0.15, -0.1) is 5.10 Å². The minimum Gasteiger partial charge on any atom is -0.369 e. The molecule has 0 aromatic heterocycles. The van der Waals surface area contributed by atoms with Crippen molar-refractivity contribution in [1.29, 1.82) is 0 Å². The lowest BCUT2D eigenvalue weighted by Gasteiger charge is -2.23. The quantitative estimate of drug-likeness (QED) is 0.404. The first-order valence-electron chi connectivity index (χ1n) is 4.75. The van der Waals surface area contributed by atoms with Gasteiger partial charge < -0.3 is 11.5 Å². The Hall–Kier alpha value is -2.73. The van der Waals surface area contributed by atoms with Crippen LogP contribution in [0.2, 0.25) is 0 Å². The SMILES string of the molecule is [C-]#[N+]C([N+]#[C-])=C1C=C(C)N(N=C(N)N)C(C)=C1. The molecule has 0 aromatic rings. The molecule has 0 spiro atoms. The number of nitrogens with zero attached hydrogens (tertiary/aromatic N) is 4. The molecule has 1 heterocycles. The third-order valence-corrected chi connectivity index (χ3v) is 2.08. The molecule has 0 aliphatic carbocycles. The summed E-state index contributed by atoms with van der Waals surface area (Å²) >= 11 is 0. The minimum absolute atomic E-state index is 0.0352. The van der Waals surface area contributed by atoms with Gasteiger partial charge in [-0.3, -0.25) is 0 Å². The maximum atomic E-state index is 6.90. The Morgan fingerprint density at radius 3 is 2.00 bits per heavy atom. The van der Waals surface area contributed by atoms with Crippen molar-refractivity contribution in [3.8, 4) is 0 Å². The zero-order valence-electron chi connectivity index (χ0n) is 9.60. The van der Waals surface area contributed by atoms with E-state index in [1.807, 2.05) is 0 Å². The van der Waals surface area contributed by atoms with Gasteiger partial charge in [0.05, 0.1) is 5.57 Å². The van der Waals surface area contributed by atoms with E-state index in [1.165, 1.54) is 0 Å². The molecule has 0 amide bonds. The Morgan fingerprint density at radius 1 is 1.18 bits per heavy atom. The molecule has 0 saturated heterocycles. The smallest absolute Gasteiger partial charge is 0.369 e. The van der Waals surface area contributed by atoms with Gasteiger partial charge in [-0.2, -0.15) is 9.69 Å². The van der Waals surface area contributed by atoms with E-state index in [0.29, 0.717) is 5.57 Å². The molecular formula is C11H12N6. The standard InChI is InChI=1S/C11H12N6/c1-7-5-9(10(14-3)15-4)6-8(2)17(7)16-11(12)13/h5-6H,1-2H3,(H4,12,13,16). The van der Waals surface area contributed by atoms with Crippen molar-refractivity contribution in [3.63, 3.8) is 0 Å². The highest BCUT2D eigenvalue weighted by Crippen LogP contribution is 2.25. The van der Waals surface area contributed by atoms with E-state index in [4.69, 9.17) is 24.6 Å². The molecule has 0 bridgehead atoms. The molecule has 0 saturated carbocycles. The first-order chi connectivity index (χ1) is 7.99. The van der Waals surface area contributed by atoms with Crippen LogP contribution in [0.15, 0.2) is 40.0 Å². The second kappa shape index (κ2) is 4.86. The Balaban J connectivity index is 3.26. The summed E-state index contributed by atoms with van der Waals surface area (Å²) in [6, 6.07) is 0. The van der Waals surface area contributed by atoms with Gasteiger partial charge in [0.15, 0.2) is 0 Å². The number of hydrogen-bond acceptors (Lipinski definition) is 2. The molecule has 0 fully saturated rings. The normalized spacial score (nSPS) is 14.1. The number of nitrogens with two attached hydrogens (primary N) is 2. The summed E-state index contributed by atoms with van der Waals surface area (Å²) in [6.07, 6.45) is 3.40. The van der Waals surface area contributed by atoms with Crippen LogP contribution in [0, 0.1) is 13.1 Å². The average molecular weight is 228 g/mol. The van der Waals surface area contributed by atoms with Crippen molar-refractivity contribution in [2.45, 2.75) is 13.8 Å². The molecule has 1 aliphatic rings. The Labute approximate surface area is 99.8 Å². The third-order valence-electron chi connectivity index (χ3n) is 2.08. The van der Waals surface area contributed by atoms with Gasteiger partial charge in [0.2, 0.25) is 5.96 Å². The summed E-state index contributed by atoms with van der Waals surface area (Å²) in [7, 11) is 0. The molecule has 6 heteroatoms. The van der Waals surface area contributed by atoms with E-state index in [0.717, 1.165) is 11.4 Å². The molecule has 0 aromatic carbocycles. The Kier molecular flexibility index (Phi) is 3.53. The average Bonchev–Trinajstić information content (AvgIpc) is 2.25. The van der Waals surface area contributed by atoms with Gasteiger partial charge in [0, 0.05) is 11.4 Å². The molecule has 17 heavy (non-hydrogen) atoms. The summed E-state index contributed by atoms with van der Waals surface area (Å²) in [6.45, 7) is 17.4. The van der Waals surface area contributed by atoms with E-state index in [1.54, 1.807) is 31.0 Å². The van der Waals surface area contributed by atoms with Crippen molar-refractivity contribution < 1.29 is 0 Å². The van der Waals surface area contributed by atoms with Gasteiger partial charge in [-0.1, -0.05) is 0 Å². The van der Waals surface area contributed by atoms with Crippen LogP contribution in [0.25, 0.3) is 9.69 Å². The molecule has 0 atom stereocenters. The van der Waals surface area contributed by atoms with Crippen LogP contribution >= 0.6 is 0 Å². The minimum atomic E-state index is -0.0477. The second-order valence-electron chi connectivity index (χ2n) is 3.41. The zero-order valence-corrected chi connectivity index (χ0v) is 9.60. The van der Waals surface area contributed by atoms with Crippen LogP contribution in [0.5, 0.6) is 0 Å². The third kappa shape index (κ3) is 2.64. The predicted octanol–water partition coefficient (Wildman–Crippen LogP) is 1.35. The van der Waals surface area contributed by atoms with Crippen molar-refractivity contribution in [1.82, 2.24) is 5.01 Å². The Morgan fingerprint density at radius 2 is 1.65 bits per heavy atom. The van der Waals surface area contributed by atoms with E-state index >= 15 is 0 Å². The molecular weight excluding hydrogens is 216 g/mol. The molecule has 0 radical (unpaired) electrons. The highest BCUT2D eigenvalue weighted by atomic mass is 15.5. The first kappa shape index (κ1) is 12.3. The predicted molar refractivity (Wildman–Crippen MR) is 65.4 cm³/mol. The maximum absolute atomic E-state index is 6.90. The second-order valence-corrected chi connectivity index (χ2v) is 3.41. The summed E-state index contributed by atoms with van der Waals surface area (Å²) in [5.74, 6) is -0.0124. The van der Waals surface area contributed by atoms with Crippen molar-refractivity contribution in [3.05, 3.63) is 57.8 Å². The van der Waals surface area contributed by atoms with Gasteiger partial charge in [-0.05, 0) is 26.0 Å². The van der Waals surface area contributed by atoms with Crippen molar-refractivity contribution >= 4 is 5.96 Å². The molecule has 4 N–H and O–H groups in total. The van der Waals surface area contributed by atoms with Crippen LogP contribution in [0.1, 0.15) is 13.8 Å². The molecule has 0 unspecified atom stereocenters. The van der Waals surface area contributed by atoms with Crippen LogP contribution in [-0.2, 0) is 0 Å². The van der Waals surface area contributed by atoms with E-state index in [9.17, 15) is 0 Å². The number of allylic oxidation sites excluding steroid dienone is 5. The first-order valence-corrected chi connectivity index (χ1v) is 4.75. The largest absolute Gasteiger partial charge is 0.526 e. The number of guanidine groups is 1. The summed E-state index contributed by atoms with van der Waals surface area (Å²) in [5.41, 5.74) is 12.7. The summed E-state index contributed by atoms with van der Waals surface area (Å²) in [4.78, 5) is 6.34. The van der Waals surface area contributed by atoms with Crippen molar-refractivity contribution in [2.75, 3.05) is 0 Å². The molecule has 1 rings (SSSR count). The monoisotopic (exact) mass is 228 g/mol. The van der Waals surface area contributed by atoms with Gasteiger partial charge in [0.25, 0.3) is 0 Å². The highest BCUT2D eigenvalue weighted by molar-refractivity contribution is 5.75. The van der Waals surface area contributed by atoms with E-state index in [2.05, 4.69) is 14.8 Å². The summed E-state index contributed by atoms with van der Waals surface area (Å²) < 4.78 is 0. The van der Waals surface area contributed by atoms with Crippen LogP contribution in [-0.4, -0.2) is 11.0 Å². The van der Waals surface area contributed by atoms with Crippen LogP contribution in [0.3, 0.4) is 0 Å². The molecule has 1 aliphatic heterocycles. The fraction of sp³-hybridized carbons (Fsp3) is 0.182. The lowest BCUT2D eigenvalue weighted by atomic mass is 10.1. The van der Waals surface area contributed by atoms with Gasteiger partial charge >= 0.3 is 5.82 Å². The fourth-order valence-electron chi connectivity index (χ4n) is 1.45. The maximum Gasteiger partial charge on any atom is 0.526 e. The van der Waals surface area contributed by atoms with Crippen LogP contribution in [0.4, 0.5) is 0 Å².